The summed E-state index contributed by atoms with van der Waals surface area (Å²) in [5.74, 6) is -0.276. The van der Waals surface area contributed by atoms with Gasteiger partial charge in [0.25, 0.3) is 11.6 Å². The highest BCUT2D eigenvalue weighted by Crippen LogP contribution is 2.27. The molecule has 0 aliphatic rings. The molecule has 9 nitrogen and oxygen atoms in total. The number of hydrogen-bond donors (Lipinski definition) is 2. The number of halogens is 1. The Kier molecular flexibility index (Phi) is 7.77. The Hall–Kier alpha value is -2.69. The van der Waals surface area contributed by atoms with Crippen LogP contribution >= 0.6 is 11.6 Å². The smallest absolute Gasteiger partial charge is 0.271 e. The monoisotopic (exact) mass is 455 g/mol. The minimum absolute atomic E-state index is 0.0165. The van der Waals surface area contributed by atoms with E-state index >= 15 is 0 Å². The largest absolute Gasteiger partial charge is 0.482 e. The summed E-state index contributed by atoms with van der Waals surface area (Å²) in [5, 5.41) is 13.4. The van der Waals surface area contributed by atoms with Gasteiger partial charge in [-0.3, -0.25) is 14.9 Å². The first-order valence-electron chi connectivity index (χ1n) is 8.96. The van der Waals surface area contributed by atoms with Gasteiger partial charge in [0.2, 0.25) is 10.0 Å². The maximum atomic E-state index is 12.3. The van der Waals surface area contributed by atoms with Crippen molar-refractivity contribution >= 4 is 38.9 Å². The number of non-ortho nitro benzene ring substituents is 1. The van der Waals surface area contributed by atoms with Crippen molar-refractivity contribution in [1.82, 2.24) is 4.72 Å². The van der Waals surface area contributed by atoms with Crippen LogP contribution in [0.4, 0.5) is 11.4 Å². The Morgan fingerprint density at radius 2 is 1.93 bits per heavy atom. The van der Waals surface area contributed by atoms with Crippen molar-refractivity contribution in [3.8, 4) is 5.75 Å². The van der Waals surface area contributed by atoms with Gasteiger partial charge in [0.1, 0.15) is 5.75 Å². The summed E-state index contributed by atoms with van der Waals surface area (Å²) in [5.41, 5.74) is 0.791. The Morgan fingerprint density at radius 3 is 2.53 bits per heavy atom. The van der Waals surface area contributed by atoms with E-state index in [9.17, 15) is 23.3 Å². The molecule has 0 aliphatic heterocycles. The summed E-state index contributed by atoms with van der Waals surface area (Å²) in [6.07, 6.45) is 0. The standard InChI is InChI=1S/C19H22ClN3O6S/c1-12(2)10-21-30(27,28)15-6-7-18(16(20)9-15)29-11-19(24)22-17-8-14(23(25)26)5-4-13(17)3/h4-9,12,21H,10-11H2,1-3H3,(H,22,24). The Balaban J connectivity index is 2.03. The second-order valence-electron chi connectivity index (χ2n) is 6.93. The molecule has 0 aliphatic carbocycles. The van der Waals surface area contributed by atoms with Gasteiger partial charge < -0.3 is 10.1 Å². The first kappa shape index (κ1) is 23.6. The van der Waals surface area contributed by atoms with Crippen molar-refractivity contribution in [3.05, 3.63) is 57.1 Å². The third-order valence-corrected chi connectivity index (χ3v) is 5.68. The Labute approximate surface area is 179 Å². The van der Waals surface area contributed by atoms with Gasteiger partial charge in [0.05, 0.1) is 20.5 Å². The van der Waals surface area contributed by atoms with Crippen LogP contribution in [0.3, 0.4) is 0 Å². The van der Waals surface area contributed by atoms with E-state index in [0.29, 0.717) is 11.3 Å². The van der Waals surface area contributed by atoms with Crippen molar-refractivity contribution in [3.63, 3.8) is 0 Å². The van der Waals surface area contributed by atoms with Gasteiger partial charge in [0.15, 0.2) is 6.61 Å². The minimum Gasteiger partial charge on any atom is -0.482 e. The fourth-order valence-corrected chi connectivity index (χ4v) is 3.85. The number of hydrogen-bond acceptors (Lipinski definition) is 6. The summed E-state index contributed by atoms with van der Waals surface area (Å²) in [6.45, 7) is 5.33. The lowest BCUT2D eigenvalue weighted by Gasteiger charge is -2.12. The topological polar surface area (TPSA) is 128 Å². The summed E-state index contributed by atoms with van der Waals surface area (Å²) in [4.78, 5) is 22.5. The molecule has 0 unspecified atom stereocenters. The van der Waals surface area contributed by atoms with Crippen molar-refractivity contribution in [1.29, 1.82) is 0 Å². The molecule has 0 aromatic heterocycles. The number of ether oxygens (including phenoxy) is 1. The van der Waals surface area contributed by atoms with Crippen molar-refractivity contribution < 1.29 is 22.9 Å². The number of carbonyl (C=O) groups is 1. The second-order valence-corrected chi connectivity index (χ2v) is 9.11. The van der Waals surface area contributed by atoms with Gasteiger partial charge in [-0.1, -0.05) is 31.5 Å². The number of aryl methyl sites for hydroxylation is 1. The Bertz CT molecular complexity index is 1060. The molecule has 30 heavy (non-hydrogen) atoms. The van der Waals surface area contributed by atoms with Gasteiger partial charge in [-0.05, 0) is 36.6 Å². The van der Waals surface area contributed by atoms with Crippen LogP contribution in [0, 0.1) is 23.0 Å². The summed E-state index contributed by atoms with van der Waals surface area (Å²) in [7, 11) is -3.71. The SMILES string of the molecule is Cc1ccc([N+](=O)[O-])cc1NC(=O)COc1ccc(S(=O)(=O)NCC(C)C)cc1Cl. The number of benzene rings is 2. The molecule has 0 spiro atoms. The van der Waals surface area contributed by atoms with Gasteiger partial charge in [-0.2, -0.15) is 0 Å². The second kappa shape index (κ2) is 9.88. The van der Waals surface area contributed by atoms with Crippen LogP contribution in [0.5, 0.6) is 5.75 Å². The fourth-order valence-electron chi connectivity index (χ4n) is 2.31. The van der Waals surface area contributed by atoms with Gasteiger partial charge >= 0.3 is 0 Å². The van der Waals surface area contributed by atoms with E-state index in [0.717, 1.165) is 0 Å². The zero-order valence-electron chi connectivity index (χ0n) is 16.6. The number of nitrogens with one attached hydrogen (secondary N) is 2. The zero-order chi connectivity index (χ0) is 22.5. The number of rotatable bonds is 9. The van der Waals surface area contributed by atoms with Gasteiger partial charge in [0, 0.05) is 18.7 Å². The highest BCUT2D eigenvalue weighted by atomic mass is 35.5. The van der Waals surface area contributed by atoms with E-state index in [1.54, 1.807) is 6.92 Å². The third kappa shape index (κ3) is 6.41. The summed E-state index contributed by atoms with van der Waals surface area (Å²) < 4.78 is 32.3. The number of nitro benzene ring substituents is 1. The first-order valence-corrected chi connectivity index (χ1v) is 10.8. The number of amides is 1. The average molecular weight is 456 g/mol. The van der Waals surface area contributed by atoms with Crippen LogP contribution < -0.4 is 14.8 Å². The molecule has 2 N–H and O–H groups in total. The van der Waals surface area contributed by atoms with Gasteiger partial charge in [-0.25, -0.2) is 13.1 Å². The lowest BCUT2D eigenvalue weighted by Crippen LogP contribution is -2.27. The number of carbonyl (C=O) groups excluding carboxylic acids is 1. The molecule has 0 radical (unpaired) electrons. The van der Waals surface area contributed by atoms with Crippen LogP contribution in [0.1, 0.15) is 19.4 Å². The van der Waals surface area contributed by atoms with Crippen molar-refractivity contribution in [2.75, 3.05) is 18.5 Å². The summed E-state index contributed by atoms with van der Waals surface area (Å²) >= 11 is 6.10. The zero-order valence-corrected chi connectivity index (χ0v) is 18.2. The van der Waals surface area contributed by atoms with Crippen LogP contribution in [0.15, 0.2) is 41.3 Å². The molecule has 2 aromatic carbocycles. The summed E-state index contributed by atoms with van der Waals surface area (Å²) in [6, 6.07) is 8.04. The molecule has 162 valence electrons. The number of nitrogens with zero attached hydrogens (tertiary/aromatic N) is 1. The Morgan fingerprint density at radius 1 is 1.23 bits per heavy atom. The molecular formula is C19H22ClN3O6S. The molecular weight excluding hydrogens is 434 g/mol. The van der Waals surface area contributed by atoms with Gasteiger partial charge in [-0.15, -0.1) is 0 Å². The molecule has 1 amide bonds. The molecule has 0 bridgehead atoms. The van der Waals surface area contributed by atoms with E-state index in [1.807, 2.05) is 13.8 Å². The van der Waals surface area contributed by atoms with Crippen molar-refractivity contribution in [2.45, 2.75) is 25.7 Å². The normalized spacial score (nSPS) is 11.4. The first-order chi connectivity index (χ1) is 14.0. The lowest BCUT2D eigenvalue weighted by molar-refractivity contribution is -0.384. The van der Waals surface area contributed by atoms with E-state index in [4.69, 9.17) is 16.3 Å². The molecule has 0 saturated carbocycles. The minimum atomic E-state index is -3.71. The molecule has 0 atom stereocenters. The number of anilines is 1. The maximum Gasteiger partial charge on any atom is 0.271 e. The van der Waals surface area contributed by atoms with E-state index < -0.39 is 27.5 Å². The van der Waals surface area contributed by atoms with Crippen LogP contribution in [-0.2, 0) is 14.8 Å². The average Bonchev–Trinajstić information content (AvgIpc) is 2.67. The van der Waals surface area contributed by atoms with E-state index in [-0.39, 0.29) is 33.8 Å². The number of nitro groups is 1. The highest BCUT2D eigenvalue weighted by molar-refractivity contribution is 7.89. The molecule has 0 fully saturated rings. The van der Waals surface area contributed by atoms with Crippen LogP contribution in [-0.4, -0.2) is 32.4 Å². The molecule has 0 saturated heterocycles. The third-order valence-electron chi connectivity index (χ3n) is 3.96. The highest BCUT2D eigenvalue weighted by Gasteiger charge is 2.17. The molecule has 2 aromatic rings. The van der Waals surface area contributed by atoms with Crippen molar-refractivity contribution in [2.24, 2.45) is 5.92 Å². The lowest BCUT2D eigenvalue weighted by atomic mass is 10.2. The quantitative estimate of drug-likeness (QED) is 0.440. The predicted octanol–water partition coefficient (Wildman–Crippen LogP) is 3.51. The fraction of sp³-hybridized carbons (Fsp3) is 0.316. The predicted molar refractivity (Wildman–Crippen MR) is 113 cm³/mol. The van der Waals surface area contributed by atoms with Crippen LogP contribution in [0.2, 0.25) is 5.02 Å². The van der Waals surface area contributed by atoms with Crippen LogP contribution in [0.25, 0.3) is 0 Å². The molecule has 2 rings (SSSR count). The number of sulfonamides is 1. The van der Waals surface area contributed by atoms with E-state index in [1.165, 1.54) is 36.4 Å². The molecule has 11 heteroatoms. The van der Waals surface area contributed by atoms with E-state index in [2.05, 4.69) is 10.0 Å². The maximum absolute atomic E-state index is 12.3. The molecule has 0 heterocycles.